The lowest BCUT2D eigenvalue weighted by molar-refractivity contribution is -0.143. The summed E-state index contributed by atoms with van der Waals surface area (Å²) in [6, 6.07) is 0.918. The van der Waals surface area contributed by atoms with E-state index in [0.717, 1.165) is 13.1 Å². The summed E-state index contributed by atoms with van der Waals surface area (Å²) in [5.41, 5.74) is 0. The lowest BCUT2D eigenvalue weighted by Gasteiger charge is -2.42. The van der Waals surface area contributed by atoms with Crippen molar-refractivity contribution in [1.82, 2.24) is 9.80 Å². The molecule has 2 fully saturated rings. The van der Waals surface area contributed by atoms with E-state index in [4.69, 9.17) is 4.74 Å². The average Bonchev–Trinajstić information content (AvgIpc) is 2.71. The van der Waals surface area contributed by atoms with Crippen LogP contribution in [-0.4, -0.2) is 60.1 Å². The van der Waals surface area contributed by atoms with Gasteiger partial charge in [-0.2, -0.15) is 0 Å². The monoisotopic (exact) mass is 240 g/mol. The third-order valence-corrected chi connectivity index (χ3v) is 3.80. The molecule has 0 aromatic carbocycles. The second-order valence-corrected chi connectivity index (χ2v) is 5.55. The maximum atomic E-state index is 12.1. The largest absolute Gasteiger partial charge is 0.369 e. The van der Waals surface area contributed by atoms with Crippen LogP contribution in [0.4, 0.5) is 0 Å². The van der Waals surface area contributed by atoms with E-state index in [2.05, 4.69) is 11.8 Å². The van der Waals surface area contributed by atoms with Crippen LogP contribution in [0.15, 0.2) is 0 Å². The molecule has 2 saturated heterocycles. The van der Waals surface area contributed by atoms with Crippen LogP contribution in [0.25, 0.3) is 0 Å². The van der Waals surface area contributed by atoms with Crippen LogP contribution in [0.2, 0.25) is 0 Å². The standard InChI is InChI=1S/C13H24N2O2/c1-10(2)17-9-13(16)15-8-12-5-4-6-14(12)7-11(15)3/h10-12H,4-9H2,1-3H3. The minimum absolute atomic E-state index is 0.127. The first kappa shape index (κ1) is 12.8. The molecule has 2 aliphatic rings. The molecule has 17 heavy (non-hydrogen) atoms. The highest BCUT2D eigenvalue weighted by Gasteiger charge is 2.36. The molecule has 0 spiro atoms. The molecule has 98 valence electrons. The first-order valence-electron chi connectivity index (χ1n) is 6.73. The molecule has 2 aliphatic heterocycles. The minimum Gasteiger partial charge on any atom is -0.369 e. The maximum absolute atomic E-state index is 12.1. The van der Waals surface area contributed by atoms with Gasteiger partial charge in [-0.15, -0.1) is 0 Å². The molecule has 0 aromatic rings. The van der Waals surface area contributed by atoms with Crippen molar-refractivity contribution in [2.75, 3.05) is 26.2 Å². The molecular weight excluding hydrogens is 216 g/mol. The normalized spacial score (nSPS) is 29.8. The van der Waals surface area contributed by atoms with Crippen molar-refractivity contribution in [1.29, 1.82) is 0 Å². The van der Waals surface area contributed by atoms with Crippen LogP contribution >= 0.6 is 0 Å². The van der Waals surface area contributed by atoms with Crippen LogP contribution in [0.1, 0.15) is 33.6 Å². The Hall–Kier alpha value is -0.610. The smallest absolute Gasteiger partial charge is 0.248 e. The van der Waals surface area contributed by atoms with Crippen molar-refractivity contribution >= 4 is 5.91 Å². The molecule has 0 bridgehead atoms. The minimum atomic E-state index is 0.127. The van der Waals surface area contributed by atoms with E-state index in [1.165, 1.54) is 19.4 Å². The molecule has 0 radical (unpaired) electrons. The number of hydrogen-bond donors (Lipinski definition) is 0. The SMILES string of the molecule is CC(C)OCC(=O)N1CC2CCCN2CC1C. The zero-order valence-electron chi connectivity index (χ0n) is 11.2. The van der Waals surface area contributed by atoms with E-state index in [1.54, 1.807) is 0 Å². The van der Waals surface area contributed by atoms with E-state index in [9.17, 15) is 4.79 Å². The Labute approximate surface area is 104 Å². The fraction of sp³-hybridized carbons (Fsp3) is 0.923. The van der Waals surface area contributed by atoms with Crippen LogP contribution in [0.3, 0.4) is 0 Å². The molecule has 2 rings (SSSR count). The number of carbonyl (C=O) groups excluding carboxylic acids is 1. The highest BCUT2D eigenvalue weighted by molar-refractivity contribution is 5.78. The molecule has 2 unspecified atom stereocenters. The molecule has 0 aliphatic carbocycles. The number of carbonyl (C=O) groups is 1. The number of fused-ring (bicyclic) bond motifs is 1. The Bertz CT molecular complexity index is 281. The van der Waals surface area contributed by atoms with Crippen molar-refractivity contribution in [2.24, 2.45) is 0 Å². The lowest BCUT2D eigenvalue weighted by Crippen LogP contribution is -2.57. The van der Waals surface area contributed by atoms with Gasteiger partial charge in [-0.25, -0.2) is 0 Å². The number of ether oxygens (including phenoxy) is 1. The number of hydrogen-bond acceptors (Lipinski definition) is 3. The van der Waals surface area contributed by atoms with E-state index >= 15 is 0 Å². The fourth-order valence-corrected chi connectivity index (χ4v) is 2.86. The summed E-state index contributed by atoms with van der Waals surface area (Å²) in [6.07, 6.45) is 2.64. The van der Waals surface area contributed by atoms with Gasteiger partial charge in [0.15, 0.2) is 0 Å². The molecule has 0 aromatic heterocycles. The summed E-state index contributed by atoms with van der Waals surface area (Å²) < 4.78 is 5.41. The first-order chi connectivity index (χ1) is 8.08. The molecular formula is C13H24N2O2. The predicted octanol–water partition coefficient (Wildman–Crippen LogP) is 1.11. The van der Waals surface area contributed by atoms with Gasteiger partial charge in [0.1, 0.15) is 6.61 Å². The molecule has 0 saturated carbocycles. The van der Waals surface area contributed by atoms with Crippen molar-refractivity contribution in [3.05, 3.63) is 0 Å². The van der Waals surface area contributed by atoms with Gasteiger partial charge in [-0.3, -0.25) is 9.69 Å². The second-order valence-electron chi connectivity index (χ2n) is 5.55. The van der Waals surface area contributed by atoms with Gasteiger partial charge in [0, 0.05) is 25.2 Å². The summed E-state index contributed by atoms with van der Waals surface area (Å²) in [6.45, 7) is 9.42. The molecule has 1 amide bonds. The summed E-state index contributed by atoms with van der Waals surface area (Å²) in [7, 11) is 0. The van der Waals surface area contributed by atoms with Gasteiger partial charge in [0.25, 0.3) is 0 Å². The van der Waals surface area contributed by atoms with Gasteiger partial charge in [-0.05, 0) is 40.2 Å². The van der Waals surface area contributed by atoms with Crippen molar-refractivity contribution < 1.29 is 9.53 Å². The van der Waals surface area contributed by atoms with E-state index in [0.29, 0.717) is 12.1 Å². The topological polar surface area (TPSA) is 32.8 Å². The van der Waals surface area contributed by atoms with Crippen LogP contribution in [0.5, 0.6) is 0 Å². The molecule has 2 heterocycles. The Morgan fingerprint density at radius 1 is 1.41 bits per heavy atom. The number of nitrogens with zero attached hydrogens (tertiary/aromatic N) is 2. The third-order valence-electron chi connectivity index (χ3n) is 3.80. The van der Waals surface area contributed by atoms with Gasteiger partial charge in [0.2, 0.25) is 5.91 Å². The average molecular weight is 240 g/mol. The van der Waals surface area contributed by atoms with Crippen molar-refractivity contribution in [3.8, 4) is 0 Å². The Morgan fingerprint density at radius 2 is 2.18 bits per heavy atom. The van der Waals surface area contributed by atoms with Crippen molar-refractivity contribution in [2.45, 2.75) is 51.8 Å². The Kier molecular flexibility index (Phi) is 4.05. The third kappa shape index (κ3) is 2.99. The molecule has 4 nitrogen and oxygen atoms in total. The zero-order valence-corrected chi connectivity index (χ0v) is 11.2. The number of rotatable bonds is 3. The summed E-state index contributed by atoms with van der Waals surface area (Å²) in [5, 5.41) is 0. The predicted molar refractivity (Wildman–Crippen MR) is 66.9 cm³/mol. The van der Waals surface area contributed by atoms with E-state index in [1.807, 2.05) is 18.7 Å². The van der Waals surface area contributed by atoms with Crippen LogP contribution in [0, 0.1) is 0 Å². The summed E-state index contributed by atoms with van der Waals surface area (Å²) >= 11 is 0. The highest BCUT2D eigenvalue weighted by Crippen LogP contribution is 2.24. The maximum Gasteiger partial charge on any atom is 0.248 e. The van der Waals surface area contributed by atoms with Gasteiger partial charge < -0.3 is 9.64 Å². The number of amides is 1. The molecule has 0 N–H and O–H groups in total. The zero-order chi connectivity index (χ0) is 12.4. The van der Waals surface area contributed by atoms with Gasteiger partial charge in [0.05, 0.1) is 6.10 Å². The van der Waals surface area contributed by atoms with Gasteiger partial charge >= 0.3 is 0 Å². The number of piperazine rings is 1. The summed E-state index contributed by atoms with van der Waals surface area (Å²) in [4.78, 5) is 16.6. The first-order valence-corrected chi connectivity index (χ1v) is 6.73. The van der Waals surface area contributed by atoms with E-state index < -0.39 is 0 Å². The lowest BCUT2D eigenvalue weighted by atomic mass is 10.1. The van der Waals surface area contributed by atoms with E-state index in [-0.39, 0.29) is 18.6 Å². The van der Waals surface area contributed by atoms with Crippen LogP contribution in [-0.2, 0) is 9.53 Å². The quantitative estimate of drug-likeness (QED) is 0.741. The Balaban J connectivity index is 1.89. The Morgan fingerprint density at radius 3 is 2.88 bits per heavy atom. The van der Waals surface area contributed by atoms with Crippen LogP contribution < -0.4 is 0 Å². The highest BCUT2D eigenvalue weighted by atomic mass is 16.5. The summed E-state index contributed by atoms with van der Waals surface area (Å²) in [5.74, 6) is 0.151. The fourth-order valence-electron chi connectivity index (χ4n) is 2.86. The molecule has 2 atom stereocenters. The second kappa shape index (κ2) is 5.36. The van der Waals surface area contributed by atoms with Gasteiger partial charge in [-0.1, -0.05) is 0 Å². The molecule has 4 heteroatoms. The van der Waals surface area contributed by atoms with Crippen molar-refractivity contribution in [3.63, 3.8) is 0 Å².